The molecule has 4 heterocycles. The summed E-state index contributed by atoms with van der Waals surface area (Å²) >= 11 is 0. The van der Waals surface area contributed by atoms with Crippen molar-refractivity contribution in [3.63, 3.8) is 0 Å². The lowest BCUT2D eigenvalue weighted by atomic mass is 9.64. The second-order valence-corrected chi connectivity index (χ2v) is 38.4. The average Bonchev–Trinajstić information content (AvgIpc) is 1.53. The lowest BCUT2D eigenvalue weighted by molar-refractivity contribution is -0.634. The predicted molar refractivity (Wildman–Crippen MR) is 471 cm³/mol. The molecule has 0 bridgehead atoms. The lowest BCUT2D eigenvalue weighted by Crippen LogP contribution is -2.34. The second kappa shape index (κ2) is 30.0. The molecule has 12 aromatic rings. The molecule has 0 amide bonds. The van der Waals surface area contributed by atoms with Crippen molar-refractivity contribution in [3.05, 3.63) is 257 Å². The van der Waals surface area contributed by atoms with Crippen molar-refractivity contribution >= 4 is 43.6 Å². The van der Waals surface area contributed by atoms with Crippen molar-refractivity contribution in [2.24, 2.45) is 49.9 Å². The lowest BCUT2D eigenvalue weighted by Gasteiger charge is -2.41. The minimum atomic E-state index is 0.529. The minimum Gasteiger partial charge on any atom is -0.194 e. The van der Waals surface area contributed by atoms with Crippen LogP contribution in [0, 0.1) is 105 Å². The molecule has 0 N–H and O–H groups in total. The highest BCUT2D eigenvalue weighted by atomic mass is 15.0. The Balaban J connectivity index is 0.000000108. The van der Waals surface area contributed by atoms with Gasteiger partial charge in [0.2, 0.25) is 44.8 Å². The Morgan fingerprint density at radius 1 is 0.250 bits per heavy atom. The summed E-state index contributed by atoms with van der Waals surface area (Å²) in [7, 11) is 9.00. The molecule has 576 valence electrons. The van der Waals surface area contributed by atoms with Gasteiger partial charge in [-0.1, -0.05) is 123 Å². The Morgan fingerprint density at radius 2 is 0.562 bits per heavy atom. The zero-order valence-electron chi connectivity index (χ0n) is 71.4. The van der Waals surface area contributed by atoms with Crippen LogP contribution >= 0.6 is 0 Å². The second-order valence-electron chi connectivity index (χ2n) is 38.4. The van der Waals surface area contributed by atoms with Gasteiger partial charge in [-0.05, 0) is 371 Å². The van der Waals surface area contributed by atoms with Crippen molar-refractivity contribution in [1.82, 2.24) is 0 Å². The Kier molecular flexibility index (Phi) is 20.4. The highest BCUT2D eigenvalue weighted by Gasteiger charge is 2.46. The van der Waals surface area contributed by atoms with Crippen LogP contribution in [0.2, 0.25) is 0 Å². The molecule has 20 rings (SSSR count). The van der Waals surface area contributed by atoms with E-state index in [2.05, 4.69) is 275 Å². The third kappa shape index (κ3) is 14.1. The van der Waals surface area contributed by atoms with E-state index >= 15 is 0 Å². The van der Waals surface area contributed by atoms with Crippen LogP contribution in [0.3, 0.4) is 0 Å². The molecule has 4 heteroatoms. The van der Waals surface area contributed by atoms with Gasteiger partial charge >= 0.3 is 0 Å². The third-order valence-electron chi connectivity index (χ3n) is 30.8. The first-order valence-electron chi connectivity index (χ1n) is 44.0. The van der Waals surface area contributed by atoms with Crippen LogP contribution < -0.4 is 18.3 Å². The van der Waals surface area contributed by atoms with Crippen LogP contribution in [0.25, 0.3) is 88.6 Å². The maximum atomic E-state index is 2.53. The normalized spacial score (nSPS) is 18.0. The first-order valence-corrected chi connectivity index (χ1v) is 44.0. The molecule has 112 heavy (non-hydrogen) atoms. The monoisotopic (exact) mass is 1480 g/mol. The van der Waals surface area contributed by atoms with Crippen molar-refractivity contribution in [2.75, 3.05) is 0 Å². The summed E-state index contributed by atoms with van der Waals surface area (Å²) in [6, 6.07) is 56.7. The number of nitrogens with zero attached hydrogens (tertiary/aromatic N) is 4. The summed E-state index contributed by atoms with van der Waals surface area (Å²) in [6.45, 7) is 26.8. The standard InChI is InChI=1S/2C28H34N.2C26H30N/c1-19-14-20(2)21(3)25(15-19)26-9-8-23-16-24-18-28(11-6-5-7-12-28)13-10-22(24)17-27(23)29(26)4;1-19-14-20(2)21(3)25(15-19)26-9-8-23-16-22-10-13-28(11-6-5-7-12-28)18-24(22)17-27(23)29(26)4;1-17-11-18(2)19(3)23(12-17)24-8-7-20-13-21-15-26(9-5-6-10-26)16-22(21)14-25(20)27(24)4;1-17-13-18(2)19(3)21(14-17)25-23-16-26(11-7-8-12-26)15-22(23)20-9-5-6-10-24(20)27(25)4/h2*8-9,14-17H,5-7,10-13,18H2,1-4H3;7-8,11-14H,5-6,9-10,15-16H2,1-4H3;5-6,9-10,13-14H,7-8,11-12,15-16H2,1-4H3/q4*+1. The van der Waals surface area contributed by atoms with E-state index < -0.39 is 0 Å². The van der Waals surface area contributed by atoms with Crippen LogP contribution in [0.15, 0.2) is 146 Å². The highest BCUT2D eigenvalue weighted by Crippen LogP contribution is 2.54. The number of hydrogen-bond donors (Lipinski definition) is 0. The van der Waals surface area contributed by atoms with Crippen molar-refractivity contribution in [2.45, 2.75) is 263 Å². The summed E-state index contributed by atoms with van der Waals surface area (Å²) in [5, 5.41) is 5.64. The molecule has 0 radical (unpaired) electrons. The molecule has 0 unspecified atom stereocenters. The van der Waals surface area contributed by atoms with Crippen LogP contribution in [-0.4, -0.2) is 0 Å². The summed E-state index contributed by atoms with van der Waals surface area (Å²) in [6.07, 6.45) is 38.9. The van der Waals surface area contributed by atoms with Crippen LogP contribution in [0.5, 0.6) is 0 Å². The summed E-state index contributed by atoms with van der Waals surface area (Å²) in [5.74, 6) is 0. The molecule has 0 saturated heterocycles. The van der Waals surface area contributed by atoms with Gasteiger partial charge in [0.1, 0.15) is 28.2 Å². The van der Waals surface area contributed by atoms with Gasteiger partial charge in [-0.25, -0.2) is 0 Å². The highest BCUT2D eigenvalue weighted by molar-refractivity contribution is 5.87. The van der Waals surface area contributed by atoms with Gasteiger partial charge in [0, 0.05) is 91.8 Å². The van der Waals surface area contributed by atoms with E-state index in [0.717, 1.165) is 0 Å². The van der Waals surface area contributed by atoms with Gasteiger partial charge < -0.3 is 0 Å². The Morgan fingerprint density at radius 3 is 1.00 bits per heavy atom. The number of rotatable bonds is 4. The fourth-order valence-electron chi connectivity index (χ4n) is 24.0. The summed E-state index contributed by atoms with van der Waals surface area (Å²) in [5.41, 5.74) is 48.3. The van der Waals surface area contributed by atoms with Crippen LogP contribution in [-0.2, 0) is 79.6 Å². The summed E-state index contributed by atoms with van der Waals surface area (Å²) < 4.78 is 9.74. The molecule has 8 aromatic carbocycles. The van der Waals surface area contributed by atoms with Crippen LogP contribution in [0.4, 0.5) is 0 Å². The molecule has 4 spiro atoms. The molecule has 4 nitrogen and oxygen atoms in total. The maximum absolute atomic E-state index is 2.53. The van der Waals surface area contributed by atoms with Crippen molar-refractivity contribution in [3.8, 4) is 45.0 Å². The number of benzene rings is 8. The van der Waals surface area contributed by atoms with Gasteiger partial charge in [-0.15, -0.1) is 0 Å². The Labute approximate surface area is 672 Å². The predicted octanol–water partition coefficient (Wildman–Crippen LogP) is 25.2. The molecule has 4 fully saturated rings. The van der Waals surface area contributed by atoms with Gasteiger partial charge in [-0.3, -0.25) is 0 Å². The number of fused-ring (bicyclic) bond motifs is 9. The van der Waals surface area contributed by atoms with E-state index in [-0.39, 0.29) is 0 Å². The first kappa shape index (κ1) is 76.1. The van der Waals surface area contributed by atoms with Gasteiger partial charge in [-0.2, -0.15) is 18.3 Å². The first-order chi connectivity index (χ1) is 53.9. The maximum Gasteiger partial charge on any atom is 0.216 e. The molecular weight excluding hydrogens is 1350 g/mol. The van der Waals surface area contributed by atoms with E-state index in [1.54, 1.807) is 44.5 Å². The number of aryl methyl sites for hydroxylation is 14. The molecule has 4 saturated carbocycles. The number of hydrogen-bond acceptors (Lipinski definition) is 0. The van der Waals surface area contributed by atoms with E-state index in [1.807, 2.05) is 0 Å². The Hall–Kier alpha value is -8.60. The fraction of sp³-hybridized carbons (Fsp3) is 0.444. The van der Waals surface area contributed by atoms with Gasteiger partial charge in [0.15, 0.2) is 0 Å². The molecule has 0 aliphatic heterocycles. The van der Waals surface area contributed by atoms with Crippen molar-refractivity contribution < 1.29 is 18.3 Å². The molecule has 8 aliphatic carbocycles. The van der Waals surface area contributed by atoms with E-state index in [0.29, 0.717) is 21.7 Å². The molecule has 0 atom stereocenters. The number of para-hydroxylation sites is 1. The van der Waals surface area contributed by atoms with E-state index in [9.17, 15) is 0 Å². The summed E-state index contributed by atoms with van der Waals surface area (Å²) in [4.78, 5) is 0. The van der Waals surface area contributed by atoms with E-state index in [4.69, 9.17) is 0 Å². The number of pyridine rings is 4. The Bertz CT molecular complexity index is 5750. The molecule has 4 aromatic heterocycles. The zero-order chi connectivity index (χ0) is 77.9. The largest absolute Gasteiger partial charge is 0.216 e. The third-order valence-corrected chi connectivity index (χ3v) is 30.8. The minimum absolute atomic E-state index is 0.529. The quantitative estimate of drug-likeness (QED) is 0.156. The van der Waals surface area contributed by atoms with Crippen molar-refractivity contribution in [1.29, 1.82) is 0 Å². The number of aromatic nitrogens is 4. The van der Waals surface area contributed by atoms with Gasteiger partial charge in [0.05, 0.1) is 0 Å². The smallest absolute Gasteiger partial charge is 0.194 e. The van der Waals surface area contributed by atoms with Crippen LogP contribution in [0.1, 0.15) is 240 Å². The van der Waals surface area contributed by atoms with E-state index in [1.165, 1.54) is 335 Å². The SMILES string of the molecule is Cc1cc(C)c(C)c(-c2c3c(c4ccccc4[n+]2C)CC2(CCCC2)C3)c1.Cc1cc(C)c(C)c(-c2ccc3cc4c(cc3[n+]2C)CC2(CCCC2)C4)c1.Cc1cc(C)c(C)c(-c2ccc3cc4c(cc3[n+]2C)CC2(CCCCC2)CC4)c1.Cc1cc(C)c(C)c(-c2ccc3cc4c(cc3[n+]2C)CCC2(CCCCC2)C4)c1. The average molecular weight is 1480 g/mol. The zero-order valence-corrected chi connectivity index (χ0v) is 71.4. The topological polar surface area (TPSA) is 15.5 Å². The fourth-order valence-corrected chi connectivity index (χ4v) is 24.0. The molecule has 8 aliphatic rings. The van der Waals surface area contributed by atoms with Gasteiger partial charge in [0.25, 0.3) is 0 Å². The molecular formula is C108H128N4+4.